The number of benzene rings is 2. The van der Waals surface area contributed by atoms with Gasteiger partial charge in [0.2, 0.25) is 5.91 Å². The molecule has 29 heavy (non-hydrogen) atoms. The molecular formula is C22H20FN5O. The topological polar surface area (TPSA) is 86.5 Å². The summed E-state index contributed by atoms with van der Waals surface area (Å²) >= 11 is 0. The Balaban J connectivity index is 1.34. The second-order valence-electron chi connectivity index (χ2n) is 7.54. The minimum absolute atomic E-state index is 0.159. The third kappa shape index (κ3) is 3.51. The molecule has 0 atom stereocenters. The van der Waals surface area contributed by atoms with Crippen molar-refractivity contribution in [2.45, 2.75) is 32.1 Å². The molecule has 0 aliphatic heterocycles. The van der Waals surface area contributed by atoms with Gasteiger partial charge in [0, 0.05) is 33.8 Å². The highest BCUT2D eigenvalue weighted by atomic mass is 19.1. The minimum atomic E-state index is -0.317. The molecule has 5 rings (SSSR count). The van der Waals surface area contributed by atoms with Crippen molar-refractivity contribution in [3.8, 4) is 11.4 Å². The first-order valence-electron chi connectivity index (χ1n) is 9.66. The SMILES string of the molecule is Cc1[nH]c2ccc(F)cc2c1CC(=O)Nc1cccc(-c2n[nH]c(C3CC3)n2)c1. The first kappa shape index (κ1) is 17.6. The van der Waals surface area contributed by atoms with Crippen LogP contribution >= 0.6 is 0 Å². The molecule has 2 aromatic heterocycles. The summed E-state index contributed by atoms with van der Waals surface area (Å²) in [4.78, 5) is 20.4. The van der Waals surface area contributed by atoms with Crippen LogP contribution in [0.1, 0.15) is 35.8 Å². The number of hydrogen-bond donors (Lipinski definition) is 3. The molecule has 146 valence electrons. The van der Waals surface area contributed by atoms with Gasteiger partial charge in [0.1, 0.15) is 11.6 Å². The summed E-state index contributed by atoms with van der Waals surface area (Å²) in [6.07, 6.45) is 2.47. The van der Waals surface area contributed by atoms with Gasteiger partial charge < -0.3 is 10.3 Å². The number of carbonyl (C=O) groups is 1. The van der Waals surface area contributed by atoms with E-state index in [-0.39, 0.29) is 18.1 Å². The molecule has 6 nitrogen and oxygen atoms in total. The molecule has 0 spiro atoms. The standard InChI is InChI=1S/C22H20FN5O/c1-12-17(18-10-15(23)7-8-19(18)24-12)11-20(29)25-16-4-2-3-14(9-16)22-26-21(27-28-22)13-5-6-13/h2-4,7-10,13,24H,5-6,11H2,1H3,(H,25,29)(H,26,27,28). The molecule has 1 saturated carbocycles. The molecule has 0 radical (unpaired) electrons. The lowest BCUT2D eigenvalue weighted by Crippen LogP contribution is -2.14. The number of nitrogens with zero attached hydrogens (tertiary/aromatic N) is 2. The van der Waals surface area contributed by atoms with Crippen LogP contribution in [0.4, 0.5) is 10.1 Å². The smallest absolute Gasteiger partial charge is 0.228 e. The van der Waals surface area contributed by atoms with Crippen molar-refractivity contribution in [1.29, 1.82) is 0 Å². The Morgan fingerprint density at radius 1 is 1.24 bits per heavy atom. The molecule has 0 unspecified atom stereocenters. The van der Waals surface area contributed by atoms with Crippen LogP contribution in [-0.4, -0.2) is 26.1 Å². The van der Waals surface area contributed by atoms with Crippen LogP contribution in [0.15, 0.2) is 42.5 Å². The molecule has 4 aromatic rings. The molecule has 1 aliphatic rings. The van der Waals surface area contributed by atoms with Crippen LogP contribution in [0.5, 0.6) is 0 Å². The molecule has 1 aliphatic carbocycles. The quantitative estimate of drug-likeness (QED) is 0.471. The van der Waals surface area contributed by atoms with E-state index in [2.05, 4.69) is 25.5 Å². The zero-order chi connectivity index (χ0) is 20.0. The van der Waals surface area contributed by atoms with E-state index < -0.39 is 0 Å². The van der Waals surface area contributed by atoms with E-state index in [0.29, 0.717) is 17.4 Å². The van der Waals surface area contributed by atoms with Crippen LogP contribution in [0.25, 0.3) is 22.3 Å². The summed E-state index contributed by atoms with van der Waals surface area (Å²) in [6, 6.07) is 12.0. The molecule has 1 amide bonds. The Hall–Kier alpha value is -3.48. The lowest BCUT2D eigenvalue weighted by molar-refractivity contribution is -0.115. The molecule has 3 N–H and O–H groups in total. The van der Waals surface area contributed by atoms with Crippen LogP contribution in [-0.2, 0) is 11.2 Å². The average molecular weight is 389 g/mol. The van der Waals surface area contributed by atoms with Crippen LogP contribution < -0.4 is 5.32 Å². The molecule has 7 heteroatoms. The van der Waals surface area contributed by atoms with Crippen molar-refractivity contribution in [3.05, 3.63) is 65.4 Å². The van der Waals surface area contributed by atoms with Crippen molar-refractivity contribution < 1.29 is 9.18 Å². The highest BCUT2D eigenvalue weighted by Crippen LogP contribution is 2.38. The lowest BCUT2D eigenvalue weighted by Gasteiger charge is -2.07. The predicted octanol–water partition coefficient (Wildman–Crippen LogP) is 4.46. The van der Waals surface area contributed by atoms with Crippen molar-refractivity contribution in [1.82, 2.24) is 20.2 Å². The fraction of sp³-hybridized carbons (Fsp3) is 0.227. The van der Waals surface area contributed by atoms with E-state index in [1.54, 1.807) is 6.07 Å². The number of halogens is 1. The van der Waals surface area contributed by atoms with Gasteiger partial charge in [0.25, 0.3) is 0 Å². The van der Waals surface area contributed by atoms with E-state index in [4.69, 9.17) is 0 Å². The van der Waals surface area contributed by atoms with E-state index >= 15 is 0 Å². The molecule has 0 bridgehead atoms. The number of hydrogen-bond acceptors (Lipinski definition) is 3. The number of carbonyl (C=O) groups excluding carboxylic acids is 1. The first-order valence-corrected chi connectivity index (χ1v) is 9.66. The number of H-pyrrole nitrogens is 2. The van der Waals surface area contributed by atoms with Gasteiger partial charge >= 0.3 is 0 Å². The summed E-state index contributed by atoms with van der Waals surface area (Å²) in [5.41, 5.74) is 4.01. The maximum atomic E-state index is 13.6. The van der Waals surface area contributed by atoms with E-state index in [0.717, 1.165) is 46.4 Å². The van der Waals surface area contributed by atoms with Gasteiger partial charge in [-0.15, -0.1) is 0 Å². The van der Waals surface area contributed by atoms with Gasteiger partial charge in [-0.25, -0.2) is 9.37 Å². The van der Waals surface area contributed by atoms with Gasteiger partial charge in [-0.05, 0) is 55.7 Å². The fourth-order valence-corrected chi connectivity index (χ4v) is 3.63. The predicted molar refractivity (Wildman–Crippen MR) is 109 cm³/mol. The van der Waals surface area contributed by atoms with Crippen LogP contribution in [0.3, 0.4) is 0 Å². The van der Waals surface area contributed by atoms with Gasteiger partial charge in [-0.2, -0.15) is 5.10 Å². The number of aryl methyl sites for hydroxylation is 1. The minimum Gasteiger partial charge on any atom is -0.358 e. The largest absolute Gasteiger partial charge is 0.358 e. The maximum Gasteiger partial charge on any atom is 0.228 e. The van der Waals surface area contributed by atoms with Crippen molar-refractivity contribution in [2.24, 2.45) is 0 Å². The normalized spacial score (nSPS) is 13.7. The lowest BCUT2D eigenvalue weighted by atomic mass is 10.1. The van der Waals surface area contributed by atoms with Crippen molar-refractivity contribution in [2.75, 3.05) is 5.32 Å². The Morgan fingerprint density at radius 2 is 2.10 bits per heavy atom. The zero-order valence-corrected chi connectivity index (χ0v) is 15.9. The van der Waals surface area contributed by atoms with Gasteiger partial charge in [-0.1, -0.05) is 12.1 Å². The van der Waals surface area contributed by atoms with E-state index in [9.17, 15) is 9.18 Å². The average Bonchev–Trinajstić information content (AvgIpc) is 3.36. The Kier molecular flexibility index (Phi) is 4.16. The van der Waals surface area contributed by atoms with Gasteiger partial charge in [0.05, 0.1) is 6.42 Å². The first-order chi connectivity index (χ1) is 14.1. The highest BCUT2D eigenvalue weighted by Gasteiger charge is 2.27. The number of anilines is 1. The second kappa shape index (κ2) is 6.84. The maximum absolute atomic E-state index is 13.6. The Bertz CT molecular complexity index is 1220. The molecule has 0 saturated heterocycles. The highest BCUT2D eigenvalue weighted by molar-refractivity contribution is 5.96. The van der Waals surface area contributed by atoms with Gasteiger partial charge in [-0.3, -0.25) is 9.89 Å². The number of amides is 1. The third-order valence-electron chi connectivity index (χ3n) is 5.29. The van der Waals surface area contributed by atoms with Crippen LogP contribution in [0, 0.1) is 12.7 Å². The molecule has 2 heterocycles. The van der Waals surface area contributed by atoms with Crippen molar-refractivity contribution in [3.63, 3.8) is 0 Å². The van der Waals surface area contributed by atoms with E-state index in [1.807, 2.05) is 31.2 Å². The Morgan fingerprint density at radius 3 is 2.93 bits per heavy atom. The molecular weight excluding hydrogens is 369 g/mol. The second-order valence-corrected chi connectivity index (χ2v) is 7.54. The number of fused-ring (bicyclic) bond motifs is 1. The molecule has 2 aromatic carbocycles. The number of aromatic nitrogens is 4. The van der Waals surface area contributed by atoms with Crippen molar-refractivity contribution >= 4 is 22.5 Å². The summed E-state index contributed by atoms with van der Waals surface area (Å²) in [7, 11) is 0. The number of aromatic amines is 2. The summed E-state index contributed by atoms with van der Waals surface area (Å²) in [5, 5.41) is 11.0. The number of rotatable bonds is 5. The Labute approximate surface area is 166 Å². The monoisotopic (exact) mass is 389 g/mol. The van der Waals surface area contributed by atoms with Crippen LogP contribution in [0.2, 0.25) is 0 Å². The summed E-state index contributed by atoms with van der Waals surface area (Å²) < 4.78 is 13.6. The molecule has 1 fully saturated rings. The summed E-state index contributed by atoms with van der Waals surface area (Å²) in [5.74, 6) is 1.58. The van der Waals surface area contributed by atoms with E-state index in [1.165, 1.54) is 12.1 Å². The third-order valence-corrected chi connectivity index (χ3v) is 5.29. The van der Waals surface area contributed by atoms with Gasteiger partial charge in [0.15, 0.2) is 5.82 Å². The zero-order valence-electron chi connectivity index (χ0n) is 15.9. The fourth-order valence-electron chi connectivity index (χ4n) is 3.63. The number of nitrogens with one attached hydrogen (secondary N) is 3. The summed E-state index contributed by atoms with van der Waals surface area (Å²) in [6.45, 7) is 1.89.